The second-order valence-corrected chi connectivity index (χ2v) is 6.86. The molecule has 0 spiro atoms. The lowest BCUT2D eigenvalue weighted by Gasteiger charge is -2.22. The molecule has 1 atom stereocenters. The molecule has 3 amide bonds. The Morgan fingerprint density at radius 3 is 2.70 bits per heavy atom. The first kappa shape index (κ1) is 18.8. The molecule has 0 aliphatic carbocycles. The first-order valence-corrected chi connectivity index (χ1v) is 9.14. The molecule has 144 valence electrons. The molecular formula is C20H26N4O3. The standard InChI is InChI=1S/C20H26N4O3/c1-4-27-18-8-7-16(12-17(18)24-9-5-6-10-24)21-20(26)23(3)14-15-11-19(25)22(2)13-15/h5-10,12,15H,4,11,13-14H2,1-3H3,(H,21,26)/t15-/m0/s1. The number of aromatic nitrogens is 1. The number of anilines is 1. The Kier molecular flexibility index (Phi) is 5.69. The molecule has 1 aromatic heterocycles. The molecule has 3 rings (SSSR count). The van der Waals surface area contributed by atoms with E-state index < -0.39 is 0 Å². The highest BCUT2D eigenvalue weighted by atomic mass is 16.5. The summed E-state index contributed by atoms with van der Waals surface area (Å²) < 4.78 is 7.65. The van der Waals surface area contributed by atoms with Gasteiger partial charge in [-0.2, -0.15) is 0 Å². The molecule has 0 saturated carbocycles. The molecule has 0 bridgehead atoms. The minimum absolute atomic E-state index is 0.136. The van der Waals surface area contributed by atoms with Gasteiger partial charge >= 0.3 is 6.03 Å². The zero-order valence-corrected chi connectivity index (χ0v) is 16.0. The molecule has 0 unspecified atom stereocenters. The van der Waals surface area contributed by atoms with Crippen LogP contribution < -0.4 is 10.1 Å². The van der Waals surface area contributed by atoms with Gasteiger partial charge in [-0.1, -0.05) is 0 Å². The van der Waals surface area contributed by atoms with Crippen LogP contribution in [0, 0.1) is 5.92 Å². The number of nitrogens with zero attached hydrogens (tertiary/aromatic N) is 3. The third kappa shape index (κ3) is 4.42. The third-order valence-electron chi connectivity index (χ3n) is 4.69. The van der Waals surface area contributed by atoms with Crippen molar-refractivity contribution >= 4 is 17.6 Å². The molecule has 1 fully saturated rings. The second-order valence-electron chi connectivity index (χ2n) is 6.86. The van der Waals surface area contributed by atoms with Crippen molar-refractivity contribution in [1.82, 2.24) is 14.4 Å². The van der Waals surface area contributed by atoms with Gasteiger partial charge in [0.25, 0.3) is 0 Å². The van der Waals surface area contributed by atoms with Crippen molar-refractivity contribution in [2.45, 2.75) is 13.3 Å². The predicted octanol–water partition coefficient (Wildman–Crippen LogP) is 2.82. The van der Waals surface area contributed by atoms with Gasteiger partial charge in [0.15, 0.2) is 0 Å². The van der Waals surface area contributed by atoms with Crippen LogP contribution in [0.5, 0.6) is 5.75 Å². The lowest BCUT2D eigenvalue weighted by atomic mass is 10.1. The van der Waals surface area contributed by atoms with E-state index in [0.717, 1.165) is 11.4 Å². The maximum Gasteiger partial charge on any atom is 0.321 e. The smallest absolute Gasteiger partial charge is 0.321 e. The molecule has 1 aliphatic rings. The fourth-order valence-corrected chi connectivity index (χ4v) is 3.34. The van der Waals surface area contributed by atoms with Gasteiger partial charge in [0, 0.05) is 57.6 Å². The van der Waals surface area contributed by atoms with Crippen LogP contribution in [0.1, 0.15) is 13.3 Å². The monoisotopic (exact) mass is 370 g/mol. The topological polar surface area (TPSA) is 66.8 Å². The first-order valence-electron chi connectivity index (χ1n) is 9.14. The van der Waals surface area contributed by atoms with Crippen LogP contribution >= 0.6 is 0 Å². The number of benzene rings is 1. The number of nitrogens with one attached hydrogen (secondary N) is 1. The van der Waals surface area contributed by atoms with Crippen molar-refractivity contribution in [3.05, 3.63) is 42.7 Å². The van der Waals surface area contributed by atoms with Gasteiger partial charge in [-0.3, -0.25) is 4.79 Å². The van der Waals surface area contributed by atoms with E-state index in [4.69, 9.17) is 4.74 Å². The number of hydrogen-bond acceptors (Lipinski definition) is 3. The van der Waals surface area contributed by atoms with Gasteiger partial charge < -0.3 is 24.4 Å². The molecule has 1 N–H and O–H groups in total. The van der Waals surface area contributed by atoms with E-state index in [1.54, 1.807) is 23.9 Å². The van der Waals surface area contributed by atoms with Gasteiger partial charge in [0.1, 0.15) is 5.75 Å². The van der Waals surface area contributed by atoms with Crippen molar-refractivity contribution in [1.29, 1.82) is 0 Å². The number of ether oxygens (including phenoxy) is 1. The Labute approximate surface area is 159 Å². The molecular weight excluding hydrogens is 344 g/mol. The Morgan fingerprint density at radius 2 is 2.07 bits per heavy atom. The molecule has 0 radical (unpaired) electrons. The van der Waals surface area contributed by atoms with E-state index in [-0.39, 0.29) is 17.9 Å². The van der Waals surface area contributed by atoms with Gasteiger partial charge in [-0.05, 0) is 37.3 Å². The Hall–Kier alpha value is -2.96. The summed E-state index contributed by atoms with van der Waals surface area (Å²) in [5.41, 5.74) is 1.56. The lowest BCUT2D eigenvalue weighted by Crippen LogP contribution is -2.36. The van der Waals surface area contributed by atoms with Crippen molar-refractivity contribution in [3.8, 4) is 11.4 Å². The molecule has 1 saturated heterocycles. The maximum absolute atomic E-state index is 12.5. The van der Waals surface area contributed by atoms with E-state index in [9.17, 15) is 9.59 Å². The first-order chi connectivity index (χ1) is 13.0. The lowest BCUT2D eigenvalue weighted by molar-refractivity contribution is -0.126. The van der Waals surface area contributed by atoms with Gasteiger partial charge in [0.2, 0.25) is 5.91 Å². The number of urea groups is 1. The number of rotatable bonds is 6. The van der Waals surface area contributed by atoms with Gasteiger partial charge in [-0.25, -0.2) is 4.79 Å². The summed E-state index contributed by atoms with van der Waals surface area (Å²) in [4.78, 5) is 27.5. The summed E-state index contributed by atoms with van der Waals surface area (Å²) in [6.07, 6.45) is 4.36. The summed E-state index contributed by atoms with van der Waals surface area (Å²) in [6, 6.07) is 9.27. The second kappa shape index (κ2) is 8.16. The predicted molar refractivity (Wildman–Crippen MR) is 104 cm³/mol. The molecule has 27 heavy (non-hydrogen) atoms. The zero-order chi connectivity index (χ0) is 19.4. The largest absolute Gasteiger partial charge is 0.492 e. The van der Waals surface area contributed by atoms with Crippen molar-refractivity contribution in [3.63, 3.8) is 0 Å². The third-order valence-corrected chi connectivity index (χ3v) is 4.69. The fourth-order valence-electron chi connectivity index (χ4n) is 3.34. The van der Waals surface area contributed by atoms with Crippen LogP contribution in [0.25, 0.3) is 5.69 Å². The van der Waals surface area contributed by atoms with E-state index in [0.29, 0.717) is 31.8 Å². The summed E-state index contributed by atoms with van der Waals surface area (Å²) in [7, 11) is 3.55. The van der Waals surface area contributed by atoms with Crippen LogP contribution in [0.15, 0.2) is 42.7 Å². The van der Waals surface area contributed by atoms with Crippen molar-refractivity contribution in [2.24, 2.45) is 5.92 Å². The quantitative estimate of drug-likeness (QED) is 0.850. The van der Waals surface area contributed by atoms with Crippen LogP contribution in [0.4, 0.5) is 10.5 Å². The molecule has 7 nitrogen and oxygen atoms in total. The minimum atomic E-state index is -0.195. The van der Waals surface area contributed by atoms with Crippen LogP contribution in [-0.2, 0) is 4.79 Å². The summed E-state index contributed by atoms with van der Waals surface area (Å²) in [5, 5.41) is 2.93. The average molecular weight is 370 g/mol. The molecule has 1 aromatic carbocycles. The number of carbonyl (C=O) groups is 2. The van der Waals surface area contributed by atoms with E-state index >= 15 is 0 Å². The fraction of sp³-hybridized carbons (Fsp3) is 0.400. The molecule has 7 heteroatoms. The Bertz CT molecular complexity index is 804. The van der Waals surface area contributed by atoms with E-state index in [1.807, 2.05) is 54.2 Å². The van der Waals surface area contributed by atoms with Crippen LogP contribution in [-0.4, -0.2) is 60.1 Å². The van der Waals surface area contributed by atoms with Crippen molar-refractivity contribution < 1.29 is 14.3 Å². The van der Waals surface area contributed by atoms with Gasteiger partial charge in [0.05, 0.1) is 12.3 Å². The highest BCUT2D eigenvalue weighted by Gasteiger charge is 2.28. The highest BCUT2D eigenvalue weighted by molar-refractivity contribution is 5.89. The highest BCUT2D eigenvalue weighted by Crippen LogP contribution is 2.27. The van der Waals surface area contributed by atoms with Gasteiger partial charge in [-0.15, -0.1) is 0 Å². The normalized spacial score (nSPS) is 16.5. The molecule has 2 heterocycles. The summed E-state index contributed by atoms with van der Waals surface area (Å²) >= 11 is 0. The molecule has 2 aromatic rings. The number of hydrogen-bond donors (Lipinski definition) is 1. The number of carbonyl (C=O) groups excluding carboxylic acids is 2. The maximum atomic E-state index is 12.5. The van der Waals surface area contributed by atoms with Crippen molar-refractivity contribution in [2.75, 3.05) is 39.1 Å². The Morgan fingerprint density at radius 1 is 1.33 bits per heavy atom. The number of likely N-dealkylation sites (tertiary alicyclic amines) is 1. The zero-order valence-electron chi connectivity index (χ0n) is 16.0. The van der Waals surface area contributed by atoms with Crippen LogP contribution in [0.2, 0.25) is 0 Å². The minimum Gasteiger partial charge on any atom is -0.492 e. The number of amides is 3. The SMILES string of the molecule is CCOc1ccc(NC(=O)N(C)C[C@H]2CC(=O)N(C)C2)cc1-n1cccc1. The summed E-state index contributed by atoms with van der Waals surface area (Å²) in [6.45, 7) is 3.74. The van der Waals surface area contributed by atoms with E-state index in [1.165, 1.54) is 0 Å². The average Bonchev–Trinajstić information content (AvgIpc) is 3.27. The van der Waals surface area contributed by atoms with E-state index in [2.05, 4.69) is 5.32 Å². The van der Waals surface area contributed by atoms with Crippen LogP contribution in [0.3, 0.4) is 0 Å². The molecule has 1 aliphatic heterocycles. The summed E-state index contributed by atoms with van der Waals surface area (Å²) in [5.74, 6) is 1.07. The Balaban J connectivity index is 1.68.